The van der Waals surface area contributed by atoms with E-state index >= 15 is 0 Å². The maximum Gasteiger partial charge on any atom is 0.242 e. The van der Waals surface area contributed by atoms with Crippen LogP contribution in [0.3, 0.4) is 0 Å². The molecule has 2 aliphatic heterocycles. The second-order valence-electron chi connectivity index (χ2n) is 7.58. The van der Waals surface area contributed by atoms with Crippen molar-refractivity contribution < 1.29 is 18.8 Å². The van der Waals surface area contributed by atoms with Gasteiger partial charge in [-0.05, 0) is 25.0 Å². The first-order chi connectivity index (χ1) is 13.1. The number of carbonyl (C=O) groups is 3. The molecule has 1 aromatic carbocycles. The summed E-state index contributed by atoms with van der Waals surface area (Å²) in [6, 6.07) is 6.60. The van der Waals surface area contributed by atoms with E-state index in [0.29, 0.717) is 31.9 Å². The fraction of sp³-hybridized carbons (Fsp3) is 0.550. The van der Waals surface area contributed by atoms with Crippen LogP contribution in [0, 0.1) is 17.7 Å². The highest BCUT2D eigenvalue weighted by Gasteiger charge is 2.48. The van der Waals surface area contributed by atoms with Gasteiger partial charge in [-0.15, -0.1) is 0 Å². The molecule has 0 bridgehead atoms. The summed E-state index contributed by atoms with van der Waals surface area (Å²) < 4.78 is 13.9. The third-order valence-electron chi connectivity index (χ3n) is 6.05. The van der Waals surface area contributed by atoms with E-state index < -0.39 is 0 Å². The van der Waals surface area contributed by atoms with E-state index in [2.05, 4.69) is 0 Å². The van der Waals surface area contributed by atoms with Gasteiger partial charge in [-0.2, -0.15) is 0 Å². The molecule has 2 atom stereocenters. The Bertz CT molecular complexity index is 737. The molecule has 1 saturated carbocycles. The quantitative estimate of drug-likeness (QED) is 0.756. The predicted octanol–water partition coefficient (Wildman–Crippen LogP) is 1.65. The molecule has 3 aliphatic rings. The molecule has 2 heterocycles. The van der Waals surface area contributed by atoms with Gasteiger partial charge in [0.15, 0.2) is 0 Å². The van der Waals surface area contributed by atoms with Gasteiger partial charge in [0.05, 0.1) is 17.5 Å². The molecule has 0 N–H and O–H groups in total. The van der Waals surface area contributed by atoms with Crippen molar-refractivity contribution in [3.63, 3.8) is 0 Å². The number of halogens is 1. The van der Waals surface area contributed by atoms with Crippen LogP contribution in [0.15, 0.2) is 24.3 Å². The van der Waals surface area contributed by atoms with Gasteiger partial charge in [-0.1, -0.05) is 25.0 Å². The zero-order valence-electron chi connectivity index (χ0n) is 15.3. The Kier molecular flexibility index (Phi) is 4.85. The van der Waals surface area contributed by atoms with Crippen molar-refractivity contribution in [2.75, 3.05) is 37.6 Å². The maximum absolute atomic E-state index is 13.9. The van der Waals surface area contributed by atoms with Crippen molar-refractivity contribution in [1.29, 1.82) is 0 Å². The lowest BCUT2D eigenvalue weighted by Crippen LogP contribution is -2.52. The maximum atomic E-state index is 13.9. The van der Waals surface area contributed by atoms with Gasteiger partial charge in [0.25, 0.3) is 0 Å². The third-order valence-corrected chi connectivity index (χ3v) is 6.05. The Hall–Kier alpha value is -2.44. The molecule has 1 aliphatic carbocycles. The molecular formula is C20H24FN3O3. The van der Waals surface area contributed by atoms with E-state index in [1.807, 2.05) is 4.90 Å². The molecule has 4 rings (SSSR count). The lowest BCUT2D eigenvalue weighted by Gasteiger charge is -2.36. The van der Waals surface area contributed by atoms with Crippen LogP contribution >= 0.6 is 0 Å². The molecule has 6 nitrogen and oxygen atoms in total. The Labute approximate surface area is 157 Å². The summed E-state index contributed by atoms with van der Waals surface area (Å²) in [5, 5.41) is 0. The molecule has 2 saturated heterocycles. The minimum atomic E-state index is -0.270. The fourth-order valence-corrected chi connectivity index (χ4v) is 4.53. The number of benzene rings is 1. The van der Waals surface area contributed by atoms with Crippen LogP contribution in [0.5, 0.6) is 0 Å². The normalized spacial score (nSPS) is 25.7. The number of likely N-dealkylation sites (tertiary alicyclic amines) is 1. The molecule has 7 heteroatoms. The van der Waals surface area contributed by atoms with Crippen molar-refractivity contribution in [3.05, 3.63) is 30.1 Å². The van der Waals surface area contributed by atoms with Gasteiger partial charge in [-0.25, -0.2) is 4.39 Å². The van der Waals surface area contributed by atoms with Gasteiger partial charge in [-0.3, -0.25) is 19.3 Å². The van der Waals surface area contributed by atoms with Crippen LogP contribution in [0.4, 0.5) is 10.1 Å². The number of hydrogen-bond donors (Lipinski definition) is 0. The van der Waals surface area contributed by atoms with E-state index in [9.17, 15) is 18.8 Å². The standard InChI is InChI=1S/C20H24FN3O3/c21-16-7-3-4-8-17(16)22-9-11-23(12-10-22)18(25)13-24-19(26)14-5-1-2-6-15(14)20(24)27/h3-4,7-8,14-15H,1-2,5-6,9-13H2/t14-,15-/m1/s1. The first-order valence-corrected chi connectivity index (χ1v) is 9.69. The molecule has 3 fully saturated rings. The molecule has 0 unspecified atom stereocenters. The highest BCUT2D eigenvalue weighted by atomic mass is 19.1. The Morgan fingerprint density at radius 2 is 1.56 bits per heavy atom. The second-order valence-corrected chi connectivity index (χ2v) is 7.58. The number of hydrogen-bond acceptors (Lipinski definition) is 4. The third kappa shape index (κ3) is 3.31. The first-order valence-electron chi connectivity index (χ1n) is 9.69. The van der Waals surface area contributed by atoms with Crippen LogP contribution in [-0.4, -0.2) is 60.2 Å². The summed E-state index contributed by atoms with van der Waals surface area (Å²) in [5.74, 6) is -1.28. The van der Waals surface area contributed by atoms with Crippen molar-refractivity contribution in [2.45, 2.75) is 25.7 Å². The molecule has 27 heavy (non-hydrogen) atoms. The molecule has 3 amide bonds. The summed E-state index contributed by atoms with van der Waals surface area (Å²) >= 11 is 0. The molecular weight excluding hydrogens is 349 g/mol. The number of imide groups is 1. The molecule has 144 valence electrons. The van der Waals surface area contributed by atoms with Gasteiger partial charge in [0, 0.05) is 26.2 Å². The summed E-state index contributed by atoms with van der Waals surface area (Å²) in [6.07, 6.45) is 3.45. The number of anilines is 1. The van der Waals surface area contributed by atoms with E-state index in [4.69, 9.17) is 0 Å². The topological polar surface area (TPSA) is 60.9 Å². The molecule has 0 spiro atoms. The lowest BCUT2D eigenvalue weighted by molar-refractivity contribution is -0.146. The number of piperazine rings is 1. The Morgan fingerprint density at radius 3 is 2.15 bits per heavy atom. The number of para-hydroxylation sites is 1. The minimum absolute atomic E-state index is 0.162. The highest BCUT2D eigenvalue weighted by Crippen LogP contribution is 2.37. The van der Waals surface area contributed by atoms with Crippen LogP contribution in [-0.2, 0) is 14.4 Å². The number of rotatable bonds is 3. The summed E-state index contributed by atoms with van der Waals surface area (Å²) in [4.78, 5) is 42.5. The zero-order valence-corrected chi connectivity index (χ0v) is 15.3. The minimum Gasteiger partial charge on any atom is -0.366 e. The van der Waals surface area contributed by atoms with E-state index in [1.54, 1.807) is 23.1 Å². The molecule has 1 aromatic rings. The van der Waals surface area contributed by atoms with Crippen molar-refractivity contribution in [1.82, 2.24) is 9.80 Å². The van der Waals surface area contributed by atoms with Gasteiger partial charge in [0.2, 0.25) is 17.7 Å². The fourth-order valence-electron chi connectivity index (χ4n) is 4.53. The monoisotopic (exact) mass is 373 g/mol. The average molecular weight is 373 g/mol. The predicted molar refractivity (Wildman–Crippen MR) is 97.4 cm³/mol. The molecule has 0 aromatic heterocycles. The van der Waals surface area contributed by atoms with E-state index in [-0.39, 0.29) is 41.9 Å². The summed E-state index contributed by atoms with van der Waals surface area (Å²) in [5.41, 5.74) is 0.540. The van der Waals surface area contributed by atoms with Crippen molar-refractivity contribution in [2.24, 2.45) is 11.8 Å². The van der Waals surface area contributed by atoms with Gasteiger partial charge >= 0.3 is 0 Å². The number of carbonyl (C=O) groups excluding carboxylic acids is 3. The average Bonchev–Trinajstić information content (AvgIpc) is 2.94. The first kappa shape index (κ1) is 17.9. The van der Waals surface area contributed by atoms with Crippen molar-refractivity contribution >= 4 is 23.4 Å². The van der Waals surface area contributed by atoms with E-state index in [1.165, 1.54) is 11.0 Å². The second kappa shape index (κ2) is 7.29. The van der Waals surface area contributed by atoms with Crippen LogP contribution in [0.2, 0.25) is 0 Å². The largest absolute Gasteiger partial charge is 0.366 e. The van der Waals surface area contributed by atoms with Crippen LogP contribution < -0.4 is 4.90 Å². The number of nitrogens with zero attached hydrogens (tertiary/aromatic N) is 3. The highest BCUT2D eigenvalue weighted by molar-refractivity contribution is 6.07. The van der Waals surface area contributed by atoms with E-state index in [0.717, 1.165) is 25.7 Å². The van der Waals surface area contributed by atoms with Crippen LogP contribution in [0.1, 0.15) is 25.7 Å². The van der Waals surface area contributed by atoms with Crippen LogP contribution in [0.25, 0.3) is 0 Å². The lowest BCUT2D eigenvalue weighted by atomic mass is 9.81. The Morgan fingerprint density at radius 1 is 0.963 bits per heavy atom. The Balaban J connectivity index is 1.35. The van der Waals surface area contributed by atoms with Crippen molar-refractivity contribution in [3.8, 4) is 0 Å². The smallest absolute Gasteiger partial charge is 0.242 e. The number of amides is 3. The zero-order chi connectivity index (χ0) is 19.0. The van der Waals surface area contributed by atoms with Gasteiger partial charge < -0.3 is 9.80 Å². The summed E-state index contributed by atoms with van der Waals surface area (Å²) in [6.45, 7) is 1.80. The molecule has 0 radical (unpaired) electrons. The number of fused-ring (bicyclic) bond motifs is 1. The van der Waals surface area contributed by atoms with Gasteiger partial charge in [0.1, 0.15) is 12.4 Å². The summed E-state index contributed by atoms with van der Waals surface area (Å²) in [7, 11) is 0. The SMILES string of the molecule is O=C(CN1C(=O)[C@@H]2CCCC[C@H]2C1=O)N1CCN(c2ccccc2F)CC1.